The van der Waals surface area contributed by atoms with Gasteiger partial charge in [0.05, 0.1) is 30.2 Å². The van der Waals surface area contributed by atoms with Crippen molar-refractivity contribution in [2.75, 3.05) is 18.5 Å². The van der Waals surface area contributed by atoms with Crippen LogP contribution in [0.2, 0.25) is 0 Å². The first-order chi connectivity index (χ1) is 11.1. The van der Waals surface area contributed by atoms with E-state index in [4.69, 9.17) is 5.11 Å². The lowest BCUT2D eigenvalue weighted by Gasteiger charge is -2.28. The summed E-state index contributed by atoms with van der Waals surface area (Å²) in [4.78, 5) is 11.0. The van der Waals surface area contributed by atoms with Crippen LogP contribution in [-0.2, 0) is 6.16 Å². The van der Waals surface area contributed by atoms with Gasteiger partial charge in [-0.15, -0.1) is 0 Å². The number of unbranched alkanes of at least 4 members (excludes halogenated alkanes) is 3. The highest BCUT2D eigenvalue weighted by atomic mass is 31.2. The number of carbonyl (C=O) groups is 1. The minimum atomic E-state index is -0.954. The van der Waals surface area contributed by atoms with Crippen molar-refractivity contribution in [3.05, 3.63) is 35.4 Å². The number of hydrogen-bond acceptors (Lipinski definition) is 1. The Kier molecular flexibility index (Phi) is 9.48. The molecule has 0 heterocycles. The lowest BCUT2D eigenvalue weighted by atomic mass is 10.1. The van der Waals surface area contributed by atoms with Crippen LogP contribution in [0.5, 0.6) is 0 Å². The maximum Gasteiger partial charge on any atom is 0.335 e. The van der Waals surface area contributed by atoms with Crippen LogP contribution in [0.4, 0.5) is 0 Å². The van der Waals surface area contributed by atoms with Gasteiger partial charge in [-0.3, -0.25) is 0 Å². The molecule has 0 unspecified atom stereocenters. The van der Waals surface area contributed by atoms with E-state index in [-0.39, 0.29) is 0 Å². The van der Waals surface area contributed by atoms with Gasteiger partial charge >= 0.3 is 5.97 Å². The Balaban J connectivity index is 2.92. The molecule has 1 aromatic rings. The first kappa shape index (κ1) is 20.2. The number of hydrogen-bond donors (Lipinski definition) is 1. The van der Waals surface area contributed by atoms with Crippen molar-refractivity contribution in [3.63, 3.8) is 0 Å². The van der Waals surface area contributed by atoms with Crippen LogP contribution in [0.15, 0.2) is 24.3 Å². The molecule has 0 aliphatic rings. The van der Waals surface area contributed by atoms with Gasteiger partial charge in [-0.05, 0) is 37.0 Å². The van der Waals surface area contributed by atoms with Gasteiger partial charge < -0.3 is 5.11 Å². The summed E-state index contributed by atoms with van der Waals surface area (Å²) in [7, 11) is -0.954. The fourth-order valence-electron chi connectivity index (χ4n) is 3.19. The Morgan fingerprint density at radius 3 is 1.65 bits per heavy atom. The number of carboxylic acids is 1. The van der Waals surface area contributed by atoms with E-state index in [0.29, 0.717) is 5.56 Å². The van der Waals surface area contributed by atoms with Crippen molar-refractivity contribution in [1.82, 2.24) is 0 Å². The zero-order valence-corrected chi connectivity index (χ0v) is 16.1. The number of aromatic carboxylic acids is 1. The Bertz CT molecular complexity index is 431. The molecule has 0 aliphatic carbocycles. The van der Waals surface area contributed by atoms with Gasteiger partial charge in [-0.25, -0.2) is 4.79 Å². The Morgan fingerprint density at radius 1 is 0.870 bits per heavy atom. The van der Waals surface area contributed by atoms with Gasteiger partial charge in [-0.2, -0.15) is 0 Å². The average molecular weight is 337 g/mol. The summed E-state index contributed by atoms with van der Waals surface area (Å²) in [6, 6.07) is 7.63. The summed E-state index contributed by atoms with van der Waals surface area (Å²) in [6.07, 6.45) is 13.3. The molecule has 0 atom stereocenters. The highest BCUT2D eigenvalue weighted by Gasteiger charge is 2.35. The largest absolute Gasteiger partial charge is 0.478 e. The fraction of sp³-hybridized carbons (Fsp3) is 0.650. The normalized spacial score (nSPS) is 11.6. The van der Waals surface area contributed by atoms with Crippen LogP contribution in [0, 0.1) is 0 Å². The predicted molar refractivity (Wildman–Crippen MR) is 103 cm³/mol. The molecule has 2 nitrogen and oxygen atoms in total. The van der Waals surface area contributed by atoms with E-state index in [1.165, 1.54) is 68.7 Å². The highest BCUT2D eigenvalue weighted by Crippen LogP contribution is 2.63. The first-order valence-electron chi connectivity index (χ1n) is 9.24. The molecule has 130 valence electrons. The first-order valence-corrected chi connectivity index (χ1v) is 11.8. The van der Waals surface area contributed by atoms with E-state index < -0.39 is 13.2 Å². The van der Waals surface area contributed by atoms with Gasteiger partial charge in [0.2, 0.25) is 0 Å². The Morgan fingerprint density at radius 2 is 1.30 bits per heavy atom. The molecule has 1 aromatic carbocycles. The SMILES string of the molecule is CCCC[P+](CCCC)(CCCC)Cc1ccc(C(=O)O)cc1. The fourth-order valence-corrected chi connectivity index (χ4v) is 8.28. The summed E-state index contributed by atoms with van der Waals surface area (Å²) in [6.45, 7) is 6.86. The minimum Gasteiger partial charge on any atom is -0.478 e. The molecule has 3 heteroatoms. The van der Waals surface area contributed by atoms with Crippen LogP contribution in [-0.4, -0.2) is 29.6 Å². The van der Waals surface area contributed by atoms with E-state index in [1.54, 1.807) is 12.1 Å². The van der Waals surface area contributed by atoms with Crippen molar-refractivity contribution >= 4 is 13.2 Å². The summed E-state index contributed by atoms with van der Waals surface area (Å²) >= 11 is 0. The summed E-state index contributed by atoms with van der Waals surface area (Å²) in [5.74, 6) is -0.833. The molecule has 0 spiro atoms. The van der Waals surface area contributed by atoms with Crippen molar-refractivity contribution < 1.29 is 9.90 Å². The van der Waals surface area contributed by atoms with Gasteiger partial charge in [0.15, 0.2) is 0 Å². The van der Waals surface area contributed by atoms with Crippen molar-refractivity contribution in [2.24, 2.45) is 0 Å². The van der Waals surface area contributed by atoms with Crippen LogP contribution >= 0.6 is 7.26 Å². The molecule has 0 fully saturated rings. The van der Waals surface area contributed by atoms with Crippen LogP contribution in [0.1, 0.15) is 75.2 Å². The molecule has 0 bridgehead atoms. The standard InChI is InChI=1S/C20H33O2P/c1-4-7-14-23(15-8-5-2,16-9-6-3)17-18-10-12-19(13-11-18)20(21)22/h10-13H,4-9,14-17H2,1-3H3/p+1. The topological polar surface area (TPSA) is 37.3 Å². The lowest BCUT2D eigenvalue weighted by Crippen LogP contribution is -2.11. The monoisotopic (exact) mass is 337 g/mol. The maximum atomic E-state index is 11.0. The molecule has 0 aliphatic heterocycles. The zero-order chi connectivity index (χ0) is 17.1. The lowest BCUT2D eigenvalue weighted by molar-refractivity contribution is 0.0697. The van der Waals surface area contributed by atoms with Crippen LogP contribution in [0.25, 0.3) is 0 Å². The number of benzene rings is 1. The molecule has 0 amide bonds. The molecular formula is C20H34O2P+. The van der Waals surface area contributed by atoms with Crippen molar-refractivity contribution in [2.45, 2.75) is 65.5 Å². The van der Waals surface area contributed by atoms with E-state index in [9.17, 15) is 4.79 Å². The molecule has 0 saturated carbocycles. The molecule has 1 N–H and O–H groups in total. The molecule has 0 aromatic heterocycles. The molecule has 0 radical (unpaired) electrons. The third-order valence-corrected chi connectivity index (χ3v) is 9.51. The average Bonchev–Trinajstić information content (AvgIpc) is 2.56. The molecule has 0 saturated heterocycles. The van der Waals surface area contributed by atoms with Crippen molar-refractivity contribution in [3.8, 4) is 0 Å². The van der Waals surface area contributed by atoms with Crippen LogP contribution in [0.3, 0.4) is 0 Å². The van der Waals surface area contributed by atoms with E-state index in [1.807, 2.05) is 12.1 Å². The Hall–Kier alpha value is -0.880. The predicted octanol–water partition coefficient (Wildman–Crippen LogP) is 6.30. The van der Waals surface area contributed by atoms with Crippen LogP contribution < -0.4 is 0 Å². The van der Waals surface area contributed by atoms with E-state index in [0.717, 1.165) is 0 Å². The number of rotatable bonds is 12. The zero-order valence-electron chi connectivity index (χ0n) is 15.2. The van der Waals surface area contributed by atoms with E-state index in [2.05, 4.69) is 20.8 Å². The molecule has 1 rings (SSSR count). The second-order valence-electron chi connectivity index (χ2n) is 6.73. The van der Waals surface area contributed by atoms with Gasteiger partial charge in [0.25, 0.3) is 0 Å². The quantitative estimate of drug-likeness (QED) is 0.454. The number of carboxylic acid groups (broad SMARTS) is 1. The smallest absolute Gasteiger partial charge is 0.335 e. The van der Waals surface area contributed by atoms with Gasteiger partial charge in [0.1, 0.15) is 0 Å². The van der Waals surface area contributed by atoms with Gasteiger partial charge in [-0.1, -0.05) is 52.2 Å². The second-order valence-corrected chi connectivity index (χ2v) is 11.1. The minimum absolute atomic E-state index is 0.397. The summed E-state index contributed by atoms with van der Waals surface area (Å²) in [5.41, 5.74) is 1.74. The third-order valence-electron chi connectivity index (χ3n) is 4.68. The molecular weight excluding hydrogens is 303 g/mol. The van der Waals surface area contributed by atoms with Gasteiger partial charge in [0, 0.05) is 7.26 Å². The maximum absolute atomic E-state index is 11.0. The van der Waals surface area contributed by atoms with Crippen molar-refractivity contribution in [1.29, 1.82) is 0 Å². The Labute approximate surface area is 143 Å². The molecule has 23 heavy (non-hydrogen) atoms. The van der Waals surface area contributed by atoms with E-state index >= 15 is 0 Å². The third kappa shape index (κ3) is 7.04. The highest BCUT2D eigenvalue weighted by molar-refractivity contribution is 7.75. The summed E-state index contributed by atoms with van der Waals surface area (Å²) in [5, 5.41) is 9.06. The summed E-state index contributed by atoms with van der Waals surface area (Å²) < 4.78 is 0. The second kappa shape index (κ2) is 10.8.